The summed E-state index contributed by atoms with van der Waals surface area (Å²) in [6.45, 7) is 2.73. The molecule has 0 spiro atoms. The first-order chi connectivity index (χ1) is 9.71. The predicted molar refractivity (Wildman–Crippen MR) is 78.5 cm³/mol. The molecule has 3 N–H and O–H groups in total. The Morgan fingerprint density at radius 3 is 2.55 bits per heavy atom. The second-order valence-electron chi connectivity index (χ2n) is 4.61. The van der Waals surface area contributed by atoms with Crippen LogP contribution in [-0.4, -0.2) is 28.5 Å². The third-order valence-electron chi connectivity index (χ3n) is 3.27. The van der Waals surface area contributed by atoms with E-state index in [0.717, 1.165) is 42.1 Å². The zero-order valence-electron chi connectivity index (χ0n) is 12.0. The summed E-state index contributed by atoms with van der Waals surface area (Å²) in [4.78, 5) is 0. The molecule has 0 bridgehead atoms. The van der Waals surface area contributed by atoms with E-state index >= 15 is 0 Å². The molecule has 0 aliphatic rings. The van der Waals surface area contributed by atoms with E-state index in [4.69, 9.17) is 10.5 Å². The molecule has 2 aromatic rings. The van der Waals surface area contributed by atoms with Crippen LogP contribution in [0.5, 0.6) is 11.6 Å². The molecule has 0 aliphatic heterocycles. The zero-order chi connectivity index (χ0) is 14.5. The molecule has 0 saturated heterocycles. The van der Waals surface area contributed by atoms with Gasteiger partial charge in [-0.3, -0.25) is 0 Å². The van der Waals surface area contributed by atoms with E-state index in [1.807, 2.05) is 12.1 Å². The summed E-state index contributed by atoms with van der Waals surface area (Å²) in [7, 11) is 1.65. The van der Waals surface area contributed by atoms with Crippen LogP contribution in [0.25, 0.3) is 5.69 Å². The summed E-state index contributed by atoms with van der Waals surface area (Å²) >= 11 is 0. The molecule has 0 fully saturated rings. The summed E-state index contributed by atoms with van der Waals surface area (Å²) in [5.74, 6) is 0.986. The van der Waals surface area contributed by atoms with Crippen LogP contribution in [0, 0.1) is 0 Å². The molecule has 5 nitrogen and oxygen atoms in total. The molecule has 0 aliphatic carbocycles. The molecule has 1 aromatic heterocycles. The van der Waals surface area contributed by atoms with Crippen molar-refractivity contribution >= 4 is 0 Å². The number of ether oxygens (including phenoxy) is 1. The highest BCUT2D eigenvalue weighted by Crippen LogP contribution is 2.28. The van der Waals surface area contributed by atoms with E-state index < -0.39 is 0 Å². The van der Waals surface area contributed by atoms with Crippen molar-refractivity contribution < 1.29 is 9.84 Å². The minimum absolute atomic E-state index is 0.235. The van der Waals surface area contributed by atoms with Crippen LogP contribution < -0.4 is 10.5 Å². The van der Waals surface area contributed by atoms with Gasteiger partial charge in [-0.15, -0.1) is 0 Å². The van der Waals surface area contributed by atoms with Gasteiger partial charge in [0.2, 0.25) is 5.88 Å². The SMILES string of the molecule is CCc1nn(-c2ccc(O)cc2)c(OC)c1CCCN. The highest BCUT2D eigenvalue weighted by Gasteiger charge is 2.18. The van der Waals surface area contributed by atoms with Gasteiger partial charge in [-0.25, -0.2) is 4.68 Å². The lowest BCUT2D eigenvalue weighted by molar-refractivity contribution is 0.379. The van der Waals surface area contributed by atoms with Gasteiger partial charge in [0.25, 0.3) is 0 Å². The number of hydrogen-bond acceptors (Lipinski definition) is 4. The highest BCUT2D eigenvalue weighted by atomic mass is 16.5. The van der Waals surface area contributed by atoms with Crippen LogP contribution in [0.2, 0.25) is 0 Å². The number of hydrogen-bond donors (Lipinski definition) is 2. The van der Waals surface area contributed by atoms with E-state index in [-0.39, 0.29) is 5.75 Å². The van der Waals surface area contributed by atoms with Gasteiger partial charge < -0.3 is 15.6 Å². The van der Waals surface area contributed by atoms with Crippen molar-refractivity contribution in [2.45, 2.75) is 26.2 Å². The van der Waals surface area contributed by atoms with Gasteiger partial charge in [0.05, 0.1) is 18.5 Å². The summed E-state index contributed by atoms with van der Waals surface area (Å²) in [6, 6.07) is 6.91. The maximum absolute atomic E-state index is 9.38. The zero-order valence-corrected chi connectivity index (χ0v) is 12.0. The van der Waals surface area contributed by atoms with Gasteiger partial charge in [0, 0.05) is 5.56 Å². The minimum atomic E-state index is 0.235. The maximum Gasteiger partial charge on any atom is 0.219 e. The Kier molecular flexibility index (Phi) is 4.63. The largest absolute Gasteiger partial charge is 0.508 e. The minimum Gasteiger partial charge on any atom is -0.508 e. The van der Waals surface area contributed by atoms with Crippen molar-refractivity contribution in [3.63, 3.8) is 0 Å². The first-order valence-corrected chi connectivity index (χ1v) is 6.85. The van der Waals surface area contributed by atoms with Crippen LogP contribution in [0.3, 0.4) is 0 Å². The second-order valence-corrected chi connectivity index (χ2v) is 4.61. The Balaban J connectivity index is 2.47. The Morgan fingerprint density at radius 1 is 1.30 bits per heavy atom. The van der Waals surface area contributed by atoms with Crippen molar-refractivity contribution in [1.29, 1.82) is 0 Å². The average Bonchev–Trinajstić information content (AvgIpc) is 2.83. The summed E-state index contributed by atoms with van der Waals surface area (Å²) in [6.07, 6.45) is 2.62. The topological polar surface area (TPSA) is 73.3 Å². The molecule has 5 heteroatoms. The van der Waals surface area contributed by atoms with Crippen LogP contribution in [0.1, 0.15) is 24.6 Å². The molecular weight excluding hydrogens is 254 g/mol. The molecular formula is C15H21N3O2. The Labute approximate surface area is 119 Å². The highest BCUT2D eigenvalue weighted by molar-refractivity contribution is 5.43. The molecule has 20 heavy (non-hydrogen) atoms. The molecule has 1 aromatic carbocycles. The van der Waals surface area contributed by atoms with Gasteiger partial charge in [-0.05, 0) is 50.1 Å². The van der Waals surface area contributed by atoms with Crippen LogP contribution in [0.15, 0.2) is 24.3 Å². The van der Waals surface area contributed by atoms with Crippen molar-refractivity contribution in [3.8, 4) is 17.3 Å². The molecule has 0 atom stereocenters. The maximum atomic E-state index is 9.38. The molecule has 0 amide bonds. The van der Waals surface area contributed by atoms with E-state index in [0.29, 0.717) is 6.54 Å². The predicted octanol–water partition coefficient (Wildman–Crippen LogP) is 2.04. The van der Waals surface area contributed by atoms with Crippen LogP contribution >= 0.6 is 0 Å². The number of methoxy groups -OCH3 is 1. The monoisotopic (exact) mass is 275 g/mol. The molecule has 0 radical (unpaired) electrons. The van der Waals surface area contributed by atoms with Crippen molar-refractivity contribution in [1.82, 2.24) is 9.78 Å². The molecule has 2 rings (SSSR count). The quantitative estimate of drug-likeness (QED) is 0.846. The number of phenols is 1. The fourth-order valence-corrected chi connectivity index (χ4v) is 2.27. The Bertz CT molecular complexity index is 561. The number of aromatic nitrogens is 2. The second kappa shape index (κ2) is 6.43. The van der Waals surface area contributed by atoms with Crippen LogP contribution in [0.4, 0.5) is 0 Å². The fraction of sp³-hybridized carbons (Fsp3) is 0.400. The van der Waals surface area contributed by atoms with Gasteiger partial charge in [-0.2, -0.15) is 5.10 Å². The lowest BCUT2D eigenvalue weighted by atomic mass is 10.1. The lowest BCUT2D eigenvalue weighted by Gasteiger charge is -2.08. The fourth-order valence-electron chi connectivity index (χ4n) is 2.27. The van der Waals surface area contributed by atoms with E-state index in [9.17, 15) is 5.11 Å². The van der Waals surface area contributed by atoms with Crippen LogP contribution in [-0.2, 0) is 12.8 Å². The number of aromatic hydroxyl groups is 1. The third-order valence-corrected chi connectivity index (χ3v) is 3.27. The number of aryl methyl sites for hydroxylation is 1. The average molecular weight is 275 g/mol. The smallest absolute Gasteiger partial charge is 0.219 e. The van der Waals surface area contributed by atoms with Gasteiger partial charge in [0.15, 0.2) is 0 Å². The van der Waals surface area contributed by atoms with Gasteiger partial charge >= 0.3 is 0 Å². The Morgan fingerprint density at radius 2 is 2.00 bits per heavy atom. The van der Waals surface area contributed by atoms with Gasteiger partial charge in [-0.1, -0.05) is 6.92 Å². The normalized spacial score (nSPS) is 10.8. The van der Waals surface area contributed by atoms with E-state index in [1.54, 1.807) is 23.9 Å². The third kappa shape index (κ3) is 2.77. The summed E-state index contributed by atoms with van der Waals surface area (Å²) in [5, 5.41) is 14.0. The van der Waals surface area contributed by atoms with E-state index in [2.05, 4.69) is 12.0 Å². The number of benzene rings is 1. The van der Waals surface area contributed by atoms with E-state index in [1.165, 1.54) is 0 Å². The summed E-state index contributed by atoms with van der Waals surface area (Å²) in [5.41, 5.74) is 8.62. The standard InChI is InChI=1S/C15H21N3O2/c1-3-14-13(5-4-10-16)15(20-2)18(17-14)11-6-8-12(19)9-7-11/h6-9,19H,3-5,10,16H2,1-2H3. The lowest BCUT2D eigenvalue weighted by Crippen LogP contribution is -2.03. The molecule has 1 heterocycles. The first kappa shape index (κ1) is 14.4. The summed E-state index contributed by atoms with van der Waals surface area (Å²) < 4.78 is 7.32. The van der Waals surface area contributed by atoms with Crippen molar-refractivity contribution in [3.05, 3.63) is 35.5 Å². The number of phenolic OH excluding ortho intramolecular Hbond substituents is 1. The number of nitrogens with two attached hydrogens (primary N) is 1. The molecule has 108 valence electrons. The molecule has 0 unspecified atom stereocenters. The Hall–Kier alpha value is -2.01. The van der Waals surface area contributed by atoms with Crippen molar-refractivity contribution in [2.24, 2.45) is 5.73 Å². The van der Waals surface area contributed by atoms with Gasteiger partial charge in [0.1, 0.15) is 5.75 Å². The number of rotatable bonds is 6. The number of nitrogens with zero attached hydrogens (tertiary/aromatic N) is 2. The molecule has 0 saturated carbocycles. The first-order valence-electron chi connectivity index (χ1n) is 6.85. The van der Waals surface area contributed by atoms with Crippen molar-refractivity contribution in [2.75, 3.05) is 13.7 Å².